The van der Waals surface area contributed by atoms with Gasteiger partial charge in [0.1, 0.15) is 0 Å². The van der Waals surface area contributed by atoms with E-state index in [0.29, 0.717) is 18.8 Å². The molecule has 0 aromatic carbocycles. The van der Waals surface area contributed by atoms with Crippen molar-refractivity contribution in [3.63, 3.8) is 0 Å². The lowest BCUT2D eigenvalue weighted by atomic mass is 9.97. The van der Waals surface area contributed by atoms with Crippen LogP contribution < -0.4 is 0 Å². The van der Waals surface area contributed by atoms with Crippen molar-refractivity contribution in [3.8, 4) is 0 Å². The van der Waals surface area contributed by atoms with Crippen LogP contribution >= 0.6 is 0 Å². The van der Waals surface area contributed by atoms with Crippen molar-refractivity contribution in [1.82, 2.24) is 0 Å². The van der Waals surface area contributed by atoms with Crippen LogP contribution in [0.4, 0.5) is 0 Å². The lowest BCUT2D eigenvalue weighted by Gasteiger charge is -2.12. The van der Waals surface area contributed by atoms with E-state index in [1.165, 1.54) is 6.08 Å². The molecule has 0 atom stereocenters. The third-order valence-corrected chi connectivity index (χ3v) is 2.87. The average Bonchev–Trinajstić information content (AvgIpc) is 2.79. The summed E-state index contributed by atoms with van der Waals surface area (Å²) in [6, 6.07) is 0. The third kappa shape index (κ3) is 4.21. The summed E-state index contributed by atoms with van der Waals surface area (Å²) in [5, 5.41) is 0. The second-order valence-corrected chi connectivity index (χ2v) is 4.05. The molecule has 0 spiro atoms. The van der Waals surface area contributed by atoms with Crippen molar-refractivity contribution in [2.75, 3.05) is 13.2 Å². The van der Waals surface area contributed by atoms with Crippen molar-refractivity contribution in [3.05, 3.63) is 11.6 Å². The number of carbonyl (C=O) groups excluding carboxylic acids is 2. The van der Waals surface area contributed by atoms with Crippen molar-refractivity contribution < 1.29 is 19.1 Å². The van der Waals surface area contributed by atoms with Gasteiger partial charge in [-0.1, -0.05) is 12.8 Å². The van der Waals surface area contributed by atoms with E-state index in [1.54, 1.807) is 13.8 Å². The Balaban J connectivity index is 2.77. The molecule has 1 saturated carbocycles. The van der Waals surface area contributed by atoms with Crippen LogP contribution in [-0.2, 0) is 19.1 Å². The number of carbonyl (C=O) groups is 2. The highest BCUT2D eigenvalue weighted by molar-refractivity contribution is 5.96. The van der Waals surface area contributed by atoms with Gasteiger partial charge in [0.25, 0.3) is 0 Å². The van der Waals surface area contributed by atoms with Crippen LogP contribution in [0.2, 0.25) is 0 Å². The Morgan fingerprint density at radius 2 is 1.71 bits per heavy atom. The first-order valence-electron chi connectivity index (χ1n) is 6.24. The average molecular weight is 240 g/mol. The molecule has 0 heterocycles. The van der Waals surface area contributed by atoms with Gasteiger partial charge in [-0.2, -0.15) is 0 Å². The standard InChI is InChI=1S/C13H20O4/c1-3-16-12(14)9-11(13(15)17-4-2)10-7-5-6-8-10/h9-10H,3-8H2,1-2H3. The summed E-state index contributed by atoms with van der Waals surface area (Å²) < 4.78 is 9.82. The zero-order valence-corrected chi connectivity index (χ0v) is 10.5. The molecule has 0 bridgehead atoms. The van der Waals surface area contributed by atoms with E-state index < -0.39 is 5.97 Å². The predicted molar refractivity (Wildman–Crippen MR) is 63.3 cm³/mol. The van der Waals surface area contributed by atoms with Crippen LogP contribution in [0.15, 0.2) is 11.6 Å². The number of esters is 2. The number of ether oxygens (including phenoxy) is 2. The molecule has 0 aliphatic heterocycles. The maximum atomic E-state index is 11.8. The Hall–Kier alpha value is -1.32. The Morgan fingerprint density at radius 3 is 2.24 bits per heavy atom. The quantitative estimate of drug-likeness (QED) is 0.546. The summed E-state index contributed by atoms with van der Waals surface area (Å²) in [5.74, 6) is -0.687. The fourth-order valence-electron chi connectivity index (χ4n) is 2.11. The molecule has 0 aromatic heterocycles. The highest BCUT2D eigenvalue weighted by Gasteiger charge is 2.26. The second-order valence-electron chi connectivity index (χ2n) is 4.05. The smallest absolute Gasteiger partial charge is 0.334 e. The normalized spacial score (nSPS) is 16.9. The van der Waals surface area contributed by atoms with Gasteiger partial charge in [-0.25, -0.2) is 9.59 Å². The SMILES string of the molecule is CCOC(=O)C=C(C(=O)OCC)C1CCCC1. The fourth-order valence-corrected chi connectivity index (χ4v) is 2.11. The summed E-state index contributed by atoms with van der Waals surface area (Å²) in [4.78, 5) is 23.2. The molecule has 0 unspecified atom stereocenters. The van der Waals surface area contributed by atoms with Gasteiger partial charge in [0, 0.05) is 11.6 Å². The highest BCUT2D eigenvalue weighted by Crippen LogP contribution is 2.31. The maximum absolute atomic E-state index is 11.8. The summed E-state index contributed by atoms with van der Waals surface area (Å²) in [7, 11) is 0. The summed E-state index contributed by atoms with van der Waals surface area (Å²) >= 11 is 0. The Labute approximate surface area is 102 Å². The van der Waals surface area contributed by atoms with Crippen molar-refractivity contribution in [2.45, 2.75) is 39.5 Å². The van der Waals surface area contributed by atoms with Crippen LogP contribution in [0.1, 0.15) is 39.5 Å². The molecule has 1 aliphatic carbocycles. The molecule has 1 fully saturated rings. The molecule has 0 radical (unpaired) electrons. The zero-order chi connectivity index (χ0) is 12.7. The molecular formula is C13H20O4. The van der Waals surface area contributed by atoms with Crippen LogP contribution in [0.5, 0.6) is 0 Å². The second kappa shape index (κ2) is 7.09. The Morgan fingerprint density at radius 1 is 1.12 bits per heavy atom. The Bertz CT molecular complexity index is 301. The minimum Gasteiger partial charge on any atom is -0.463 e. The molecule has 1 rings (SSSR count). The van der Waals surface area contributed by atoms with Crippen LogP contribution in [0.3, 0.4) is 0 Å². The van der Waals surface area contributed by atoms with Gasteiger partial charge >= 0.3 is 11.9 Å². The molecular weight excluding hydrogens is 220 g/mol. The van der Waals surface area contributed by atoms with Crippen molar-refractivity contribution in [1.29, 1.82) is 0 Å². The van der Waals surface area contributed by atoms with Crippen molar-refractivity contribution >= 4 is 11.9 Å². The van der Waals surface area contributed by atoms with E-state index in [4.69, 9.17) is 9.47 Å². The molecule has 0 aromatic rings. The van der Waals surface area contributed by atoms with Crippen LogP contribution in [0, 0.1) is 5.92 Å². The van der Waals surface area contributed by atoms with Gasteiger partial charge in [0.05, 0.1) is 13.2 Å². The third-order valence-electron chi connectivity index (χ3n) is 2.87. The lowest BCUT2D eigenvalue weighted by Crippen LogP contribution is -2.16. The monoisotopic (exact) mass is 240 g/mol. The maximum Gasteiger partial charge on any atom is 0.334 e. The van der Waals surface area contributed by atoms with E-state index in [-0.39, 0.29) is 11.9 Å². The topological polar surface area (TPSA) is 52.6 Å². The molecule has 0 amide bonds. The van der Waals surface area contributed by atoms with Crippen LogP contribution in [-0.4, -0.2) is 25.2 Å². The first-order valence-corrected chi connectivity index (χ1v) is 6.24. The number of hydrogen-bond acceptors (Lipinski definition) is 4. The minimum atomic E-state index is -0.456. The van der Waals surface area contributed by atoms with Crippen molar-refractivity contribution in [2.24, 2.45) is 5.92 Å². The van der Waals surface area contributed by atoms with Gasteiger partial charge in [0.2, 0.25) is 0 Å². The lowest BCUT2D eigenvalue weighted by molar-refractivity contribution is -0.141. The van der Waals surface area contributed by atoms with Crippen LogP contribution in [0.25, 0.3) is 0 Å². The van der Waals surface area contributed by atoms with E-state index in [2.05, 4.69) is 0 Å². The van der Waals surface area contributed by atoms with E-state index in [1.807, 2.05) is 0 Å². The molecule has 96 valence electrons. The zero-order valence-electron chi connectivity index (χ0n) is 10.5. The Kier molecular flexibility index (Phi) is 5.73. The largest absolute Gasteiger partial charge is 0.463 e. The van der Waals surface area contributed by atoms with Gasteiger partial charge in [0.15, 0.2) is 0 Å². The number of rotatable bonds is 5. The van der Waals surface area contributed by atoms with Gasteiger partial charge in [-0.15, -0.1) is 0 Å². The molecule has 0 N–H and O–H groups in total. The molecule has 1 aliphatic rings. The van der Waals surface area contributed by atoms with Gasteiger partial charge in [-0.05, 0) is 32.6 Å². The first kappa shape index (κ1) is 13.7. The summed E-state index contributed by atoms with van der Waals surface area (Å²) in [6.45, 7) is 4.14. The molecule has 4 heteroatoms. The molecule has 17 heavy (non-hydrogen) atoms. The minimum absolute atomic E-state index is 0.151. The summed E-state index contributed by atoms with van der Waals surface area (Å²) in [5.41, 5.74) is 0.475. The molecule has 4 nitrogen and oxygen atoms in total. The van der Waals surface area contributed by atoms with E-state index in [0.717, 1.165) is 25.7 Å². The van der Waals surface area contributed by atoms with E-state index in [9.17, 15) is 9.59 Å². The first-order chi connectivity index (χ1) is 8.19. The van der Waals surface area contributed by atoms with Gasteiger partial charge < -0.3 is 9.47 Å². The molecule has 0 saturated heterocycles. The van der Waals surface area contributed by atoms with Gasteiger partial charge in [-0.3, -0.25) is 0 Å². The predicted octanol–water partition coefficient (Wildman–Crippen LogP) is 2.23. The van der Waals surface area contributed by atoms with E-state index >= 15 is 0 Å². The fraction of sp³-hybridized carbons (Fsp3) is 0.692. The highest BCUT2D eigenvalue weighted by atomic mass is 16.5. The number of hydrogen-bond donors (Lipinski definition) is 0. The summed E-state index contributed by atoms with van der Waals surface area (Å²) in [6.07, 6.45) is 5.40.